The van der Waals surface area contributed by atoms with Crippen LogP contribution < -0.4 is 9.47 Å². The predicted octanol–water partition coefficient (Wildman–Crippen LogP) is 1.27. The second-order valence-corrected chi connectivity index (χ2v) is 6.07. The van der Waals surface area contributed by atoms with Crippen molar-refractivity contribution in [2.24, 2.45) is 0 Å². The molecule has 1 aromatic carbocycles. The third kappa shape index (κ3) is 3.19. The molecule has 2 aromatic heterocycles. The molecule has 0 radical (unpaired) electrons. The molecule has 27 heavy (non-hydrogen) atoms. The van der Waals surface area contributed by atoms with Crippen LogP contribution in [0.1, 0.15) is 21.6 Å². The quantitative estimate of drug-likeness (QED) is 0.686. The number of amides is 1. The topological polar surface area (TPSA) is 95.3 Å². The Bertz CT molecular complexity index is 956. The van der Waals surface area contributed by atoms with E-state index in [0.717, 1.165) is 17.5 Å². The molecule has 0 atom stereocenters. The Labute approximate surface area is 155 Å². The summed E-state index contributed by atoms with van der Waals surface area (Å²) >= 11 is 0. The number of rotatable bonds is 4. The maximum Gasteiger partial charge on any atom is 0.274 e. The van der Waals surface area contributed by atoms with Crippen LogP contribution in [0.3, 0.4) is 0 Å². The van der Waals surface area contributed by atoms with Crippen LogP contribution >= 0.6 is 0 Å². The molecule has 4 rings (SSSR count). The van der Waals surface area contributed by atoms with E-state index in [2.05, 4.69) is 20.3 Å². The number of ether oxygens (including phenoxy) is 2. The van der Waals surface area contributed by atoms with Crippen LogP contribution in [-0.2, 0) is 13.0 Å². The molecule has 9 nitrogen and oxygen atoms in total. The average molecular weight is 366 g/mol. The lowest BCUT2D eigenvalue weighted by atomic mass is 9.98. The highest BCUT2D eigenvalue weighted by atomic mass is 16.5. The molecule has 138 valence electrons. The fourth-order valence-electron chi connectivity index (χ4n) is 3.11. The number of hydrogen-bond donors (Lipinski definition) is 0. The summed E-state index contributed by atoms with van der Waals surface area (Å²) in [6.45, 7) is 1.09. The number of aromatic nitrogens is 5. The fourth-order valence-corrected chi connectivity index (χ4v) is 3.11. The van der Waals surface area contributed by atoms with Gasteiger partial charge in [0.2, 0.25) is 0 Å². The monoisotopic (exact) mass is 366 g/mol. The molecule has 0 saturated carbocycles. The van der Waals surface area contributed by atoms with Crippen LogP contribution in [0.2, 0.25) is 0 Å². The molecule has 0 N–H and O–H groups in total. The number of nitrogens with zero attached hydrogens (tertiary/aromatic N) is 6. The van der Waals surface area contributed by atoms with Gasteiger partial charge in [0.05, 0.1) is 14.2 Å². The van der Waals surface area contributed by atoms with Crippen LogP contribution in [0.4, 0.5) is 0 Å². The third-order valence-corrected chi connectivity index (χ3v) is 4.53. The van der Waals surface area contributed by atoms with Gasteiger partial charge in [0.25, 0.3) is 5.91 Å². The van der Waals surface area contributed by atoms with Gasteiger partial charge in [0, 0.05) is 13.1 Å². The second kappa shape index (κ2) is 7.02. The van der Waals surface area contributed by atoms with E-state index >= 15 is 0 Å². The summed E-state index contributed by atoms with van der Waals surface area (Å²) in [4.78, 5) is 18.4. The Balaban J connectivity index is 1.54. The summed E-state index contributed by atoms with van der Waals surface area (Å²) in [5.74, 6) is 1.70. The first-order valence-corrected chi connectivity index (χ1v) is 8.41. The predicted molar refractivity (Wildman–Crippen MR) is 94.9 cm³/mol. The number of hydrogen-bond acceptors (Lipinski definition) is 7. The van der Waals surface area contributed by atoms with E-state index in [1.807, 2.05) is 12.1 Å². The number of carbonyl (C=O) groups excluding carboxylic acids is 1. The molecule has 0 bridgehead atoms. The molecule has 0 unspecified atom stereocenters. The molecule has 3 heterocycles. The van der Waals surface area contributed by atoms with E-state index < -0.39 is 0 Å². The van der Waals surface area contributed by atoms with Crippen LogP contribution in [0, 0.1) is 0 Å². The van der Waals surface area contributed by atoms with Crippen LogP contribution in [0.25, 0.3) is 5.82 Å². The lowest BCUT2D eigenvalue weighted by Gasteiger charge is -2.29. The SMILES string of the molecule is COc1cc2c(cc1OC)CN(C(=O)c1ccc(-n3cncn3)nn1)CC2. The normalized spacial score (nSPS) is 13.2. The Hall–Kier alpha value is -3.49. The second-order valence-electron chi connectivity index (χ2n) is 6.07. The highest BCUT2D eigenvalue weighted by Gasteiger charge is 2.24. The third-order valence-electron chi connectivity index (χ3n) is 4.53. The minimum absolute atomic E-state index is 0.159. The lowest BCUT2D eigenvalue weighted by Crippen LogP contribution is -2.36. The highest BCUT2D eigenvalue weighted by molar-refractivity contribution is 5.92. The first-order valence-electron chi connectivity index (χ1n) is 8.41. The minimum atomic E-state index is -0.159. The van der Waals surface area contributed by atoms with Crippen molar-refractivity contribution in [2.45, 2.75) is 13.0 Å². The zero-order chi connectivity index (χ0) is 18.8. The molecule has 9 heteroatoms. The smallest absolute Gasteiger partial charge is 0.274 e. The van der Waals surface area contributed by atoms with Crippen molar-refractivity contribution in [1.29, 1.82) is 0 Å². The van der Waals surface area contributed by atoms with E-state index in [9.17, 15) is 4.79 Å². The number of fused-ring (bicyclic) bond motifs is 1. The summed E-state index contributed by atoms with van der Waals surface area (Å²) in [6, 6.07) is 7.24. The molecule has 1 amide bonds. The maximum atomic E-state index is 12.8. The van der Waals surface area contributed by atoms with Gasteiger partial charge in [-0.25, -0.2) is 9.67 Å². The van der Waals surface area contributed by atoms with E-state index in [-0.39, 0.29) is 5.91 Å². The first kappa shape index (κ1) is 17.0. The van der Waals surface area contributed by atoms with Crippen LogP contribution in [0.15, 0.2) is 36.9 Å². The van der Waals surface area contributed by atoms with Gasteiger partial charge in [-0.1, -0.05) is 0 Å². The van der Waals surface area contributed by atoms with Crippen molar-refractivity contribution >= 4 is 5.91 Å². The molecule has 3 aromatic rings. The zero-order valence-corrected chi connectivity index (χ0v) is 15.0. The van der Waals surface area contributed by atoms with Crippen molar-refractivity contribution in [3.63, 3.8) is 0 Å². The Morgan fingerprint density at radius 3 is 2.48 bits per heavy atom. The van der Waals surface area contributed by atoms with Crippen molar-refractivity contribution in [3.8, 4) is 17.3 Å². The van der Waals surface area contributed by atoms with Gasteiger partial charge in [0.1, 0.15) is 12.7 Å². The van der Waals surface area contributed by atoms with E-state index in [4.69, 9.17) is 9.47 Å². The largest absolute Gasteiger partial charge is 0.493 e. The van der Waals surface area contributed by atoms with Crippen LogP contribution in [0.5, 0.6) is 11.5 Å². The number of methoxy groups -OCH3 is 2. The van der Waals surface area contributed by atoms with Gasteiger partial charge >= 0.3 is 0 Å². The van der Waals surface area contributed by atoms with Crippen molar-refractivity contribution in [1.82, 2.24) is 29.9 Å². The summed E-state index contributed by atoms with van der Waals surface area (Å²) in [6.07, 6.45) is 3.68. The summed E-state index contributed by atoms with van der Waals surface area (Å²) < 4.78 is 12.2. The zero-order valence-electron chi connectivity index (χ0n) is 15.0. The van der Waals surface area contributed by atoms with Gasteiger partial charge in [-0.3, -0.25) is 4.79 Å². The average Bonchev–Trinajstić information content (AvgIpc) is 3.26. The van der Waals surface area contributed by atoms with Gasteiger partial charge in [-0.05, 0) is 41.8 Å². The Morgan fingerprint density at radius 2 is 1.85 bits per heavy atom. The summed E-state index contributed by atoms with van der Waals surface area (Å²) in [5.41, 5.74) is 2.49. The van der Waals surface area contributed by atoms with Gasteiger partial charge in [-0.2, -0.15) is 5.10 Å². The maximum absolute atomic E-state index is 12.8. The summed E-state index contributed by atoms with van der Waals surface area (Å²) in [7, 11) is 3.22. The number of benzene rings is 1. The molecule has 0 spiro atoms. The minimum Gasteiger partial charge on any atom is -0.493 e. The molecule has 0 saturated heterocycles. The molecular weight excluding hydrogens is 348 g/mol. The molecule has 1 aliphatic heterocycles. The molecule has 0 aliphatic carbocycles. The van der Waals surface area contributed by atoms with Crippen LogP contribution in [-0.4, -0.2) is 56.5 Å². The fraction of sp³-hybridized carbons (Fsp3) is 0.278. The van der Waals surface area contributed by atoms with Crippen molar-refractivity contribution in [3.05, 3.63) is 53.7 Å². The number of carbonyl (C=O) groups is 1. The molecule has 1 aliphatic rings. The molecule has 0 fully saturated rings. The van der Waals surface area contributed by atoms with Gasteiger partial charge in [0.15, 0.2) is 23.0 Å². The molecular formula is C18H18N6O3. The van der Waals surface area contributed by atoms with E-state index in [1.165, 1.54) is 17.3 Å². The summed E-state index contributed by atoms with van der Waals surface area (Å²) in [5, 5.41) is 12.1. The highest BCUT2D eigenvalue weighted by Crippen LogP contribution is 2.33. The van der Waals surface area contributed by atoms with Crippen molar-refractivity contribution < 1.29 is 14.3 Å². The lowest BCUT2D eigenvalue weighted by molar-refractivity contribution is 0.0727. The standard InChI is InChI=1S/C18H18N6O3/c1-26-15-7-12-5-6-23(9-13(12)8-16(15)27-2)18(25)14-3-4-17(22-21-14)24-11-19-10-20-24/h3-4,7-8,10-11H,5-6,9H2,1-2H3. The first-order chi connectivity index (χ1) is 13.2. The van der Waals surface area contributed by atoms with Crippen molar-refractivity contribution in [2.75, 3.05) is 20.8 Å². The van der Waals surface area contributed by atoms with Gasteiger partial charge < -0.3 is 14.4 Å². The Morgan fingerprint density at radius 1 is 1.07 bits per heavy atom. The van der Waals surface area contributed by atoms with Gasteiger partial charge in [-0.15, -0.1) is 10.2 Å². The van der Waals surface area contributed by atoms with E-state index in [0.29, 0.717) is 36.1 Å². The Kier molecular flexibility index (Phi) is 4.41. The van der Waals surface area contributed by atoms with E-state index in [1.54, 1.807) is 31.3 Å².